The maximum atomic E-state index is 8.86. The van der Waals surface area contributed by atoms with Crippen molar-refractivity contribution in [2.24, 2.45) is 17.9 Å². The number of rotatable bonds is 4. The van der Waals surface area contributed by atoms with E-state index in [4.69, 9.17) is 20.1 Å². The van der Waals surface area contributed by atoms with E-state index in [1.165, 1.54) is 6.33 Å². The molecule has 0 amide bonds. The minimum atomic E-state index is -0.154. The molecule has 0 bridgehead atoms. The first-order valence-corrected chi connectivity index (χ1v) is 6.16. The van der Waals surface area contributed by atoms with Crippen LogP contribution in [-0.2, 0) is 13.7 Å². The smallest absolute Gasteiger partial charge is 0.215 e. The third-order valence-corrected chi connectivity index (χ3v) is 3.04. The second-order valence-corrected chi connectivity index (χ2v) is 4.33. The lowest BCUT2D eigenvalue weighted by molar-refractivity contribution is 0.286. The van der Waals surface area contributed by atoms with Crippen LogP contribution in [0.3, 0.4) is 0 Å². The summed E-state index contributed by atoms with van der Waals surface area (Å²) in [4.78, 5) is 4.08. The van der Waals surface area contributed by atoms with Gasteiger partial charge in [0.15, 0.2) is 11.6 Å². The van der Waals surface area contributed by atoms with Gasteiger partial charge in [-0.25, -0.2) is 4.98 Å². The van der Waals surface area contributed by atoms with Gasteiger partial charge in [-0.05, 0) is 12.1 Å². The summed E-state index contributed by atoms with van der Waals surface area (Å²) in [6, 6.07) is 7.29. The van der Waals surface area contributed by atoms with E-state index in [9.17, 15) is 0 Å². The van der Waals surface area contributed by atoms with E-state index in [1.807, 2.05) is 18.2 Å². The first-order valence-electron chi connectivity index (χ1n) is 6.16. The molecule has 2 heterocycles. The number of nitrogens with two attached hydrogens (primary N) is 1. The number of aryl methyl sites for hydroxylation is 1. The highest BCUT2D eigenvalue weighted by Gasteiger charge is 2.19. The predicted octanol–water partition coefficient (Wildman–Crippen LogP) is 1.23. The molecule has 0 saturated heterocycles. The number of ether oxygens (including phenoxy) is 1. The second kappa shape index (κ2) is 5.16. The molecule has 0 saturated carbocycles. The minimum absolute atomic E-state index is 0.154. The van der Waals surface area contributed by atoms with Crippen LogP contribution in [0.2, 0.25) is 0 Å². The fourth-order valence-electron chi connectivity index (χ4n) is 1.97. The van der Waals surface area contributed by atoms with Gasteiger partial charge in [-0.15, -0.1) is 0 Å². The van der Waals surface area contributed by atoms with Crippen molar-refractivity contribution < 1.29 is 14.4 Å². The summed E-state index contributed by atoms with van der Waals surface area (Å²) >= 11 is 0. The van der Waals surface area contributed by atoms with Crippen molar-refractivity contribution in [2.45, 2.75) is 6.61 Å². The molecule has 0 unspecified atom stereocenters. The Labute approximate surface area is 119 Å². The number of nitrogens with zero attached hydrogens (tertiary/aromatic N) is 4. The number of fused-ring (bicyclic) bond motifs is 1. The second-order valence-electron chi connectivity index (χ2n) is 4.33. The molecule has 1 aromatic carbocycles. The molecule has 108 valence electrons. The van der Waals surface area contributed by atoms with E-state index < -0.39 is 0 Å². The summed E-state index contributed by atoms with van der Waals surface area (Å²) in [5.41, 5.74) is 6.22. The molecule has 0 fully saturated rings. The van der Waals surface area contributed by atoms with Crippen LogP contribution in [0.15, 0.2) is 40.2 Å². The molecule has 8 heteroatoms. The SMILES string of the molecule is Cn1ncnc1COc1c(/C(N)=N/O)oc2ccccc12. The van der Waals surface area contributed by atoms with Crippen LogP contribution in [0.1, 0.15) is 11.6 Å². The summed E-state index contributed by atoms with van der Waals surface area (Å²) in [6.07, 6.45) is 1.44. The lowest BCUT2D eigenvalue weighted by Crippen LogP contribution is -2.14. The average molecular weight is 287 g/mol. The fraction of sp³-hybridized carbons (Fsp3) is 0.154. The summed E-state index contributed by atoms with van der Waals surface area (Å²) < 4.78 is 12.9. The summed E-state index contributed by atoms with van der Waals surface area (Å²) in [7, 11) is 1.77. The molecule has 0 aliphatic heterocycles. The fourth-order valence-corrected chi connectivity index (χ4v) is 1.97. The van der Waals surface area contributed by atoms with Gasteiger partial charge < -0.3 is 20.1 Å². The highest BCUT2D eigenvalue weighted by molar-refractivity contribution is 6.03. The van der Waals surface area contributed by atoms with Crippen LogP contribution < -0.4 is 10.5 Å². The Morgan fingerprint density at radius 3 is 3.00 bits per heavy atom. The van der Waals surface area contributed by atoms with Gasteiger partial charge in [0.25, 0.3) is 0 Å². The van der Waals surface area contributed by atoms with Crippen molar-refractivity contribution >= 4 is 16.8 Å². The summed E-state index contributed by atoms with van der Waals surface area (Å²) in [6.45, 7) is 0.186. The van der Waals surface area contributed by atoms with E-state index in [-0.39, 0.29) is 18.2 Å². The molecule has 21 heavy (non-hydrogen) atoms. The van der Waals surface area contributed by atoms with E-state index in [0.717, 1.165) is 5.39 Å². The van der Waals surface area contributed by atoms with Crippen LogP contribution in [0.25, 0.3) is 11.0 Å². The Morgan fingerprint density at radius 2 is 2.29 bits per heavy atom. The molecule has 3 N–H and O–H groups in total. The molecule has 0 spiro atoms. The monoisotopic (exact) mass is 287 g/mol. The Bertz CT molecular complexity index is 805. The maximum absolute atomic E-state index is 8.86. The van der Waals surface area contributed by atoms with Gasteiger partial charge in [0.05, 0.1) is 5.39 Å². The van der Waals surface area contributed by atoms with Crippen molar-refractivity contribution in [3.63, 3.8) is 0 Å². The largest absolute Gasteiger partial charge is 0.481 e. The number of para-hydroxylation sites is 1. The van der Waals surface area contributed by atoms with Crippen molar-refractivity contribution in [1.82, 2.24) is 14.8 Å². The Hall–Kier alpha value is -3.03. The lowest BCUT2D eigenvalue weighted by atomic mass is 10.2. The van der Waals surface area contributed by atoms with Crippen molar-refractivity contribution in [3.05, 3.63) is 42.2 Å². The molecule has 2 aromatic heterocycles. The zero-order valence-electron chi connectivity index (χ0n) is 11.2. The molecular formula is C13H13N5O3. The van der Waals surface area contributed by atoms with Crippen LogP contribution in [0.4, 0.5) is 0 Å². The van der Waals surface area contributed by atoms with E-state index in [0.29, 0.717) is 17.2 Å². The molecular weight excluding hydrogens is 274 g/mol. The Kier molecular flexibility index (Phi) is 3.19. The molecule has 0 aliphatic rings. The minimum Gasteiger partial charge on any atom is -0.481 e. The van der Waals surface area contributed by atoms with Gasteiger partial charge in [0.2, 0.25) is 11.6 Å². The van der Waals surface area contributed by atoms with Crippen molar-refractivity contribution in [2.75, 3.05) is 0 Å². The van der Waals surface area contributed by atoms with Gasteiger partial charge >= 0.3 is 0 Å². The first-order chi connectivity index (χ1) is 10.2. The van der Waals surface area contributed by atoms with Gasteiger partial charge in [-0.1, -0.05) is 17.3 Å². The predicted molar refractivity (Wildman–Crippen MR) is 74.1 cm³/mol. The number of hydrogen-bond acceptors (Lipinski definition) is 6. The van der Waals surface area contributed by atoms with Gasteiger partial charge in [-0.2, -0.15) is 5.10 Å². The van der Waals surface area contributed by atoms with Gasteiger partial charge in [0.1, 0.15) is 18.5 Å². The maximum Gasteiger partial charge on any atom is 0.215 e. The molecule has 8 nitrogen and oxygen atoms in total. The summed E-state index contributed by atoms with van der Waals surface area (Å²) in [5.74, 6) is 1.08. The highest BCUT2D eigenvalue weighted by Crippen LogP contribution is 2.33. The zero-order valence-corrected chi connectivity index (χ0v) is 11.2. The zero-order chi connectivity index (χ0) is 14.8. The third-order valence-electron chi connectivity index (χ3n) is 3.04. The lowest BCUT2D eigenvalue weighted by Gasteiger charge is -2.05. The Morgan fingerprint density at radius 1 is 1.48 bits per heavy atom. The van der Waals surface area contributed by atoms with Crippen molar-refractivity contribution in [3.8, 4) is 5.75 Å². The van der Waals surface area contributed by atoms with Crippen LogP contribution in [-0.4, -0.2) is 25.8 Å². The topological polar surface area (TPSA) is 112 Å². The highest BCUT2D eigenvalue weighted by atomic mass is 16.5. The Balaban J connectivity index is 2.01. The molecule has 3 rings (SSSR count). The van der Waals surface area contributed by atoms with Crippen molar-refractivity contribution in [1.29, 1.82) is 0 Å². The number of amidine groups is 1. The van der Waals surface area contributed by atoms with E-state index >= 15 is 0 Å². The molecule has 0 atom stereocenters. The molecule has 3 aromatic rings. The molecule has 0 radical (unpaired) electrons. The van der Waals surface area contributed by atoms with Gasteiger partial charge in [0, 0.05) is 7.05 Å². The standard InChI is InChI=1S/C13H13N5O3/c1-18-10(15-7-16-18)6-20-11-8-4-2-3-5-9(8)21-12(11)13(14)17-19/h2-5,7,19H,6H2,1H3,(H2,14,17). The average Bonchev–Trinajstić information content (AvgIpc) is 3.08. The number of furan rings is 1. The van der Waals surface area contributed by atoms with Crippen LogP contribution in [0, 0.1) is 0 Å². The number of aromatic nitrogens is 3. The summed E-state index contributed by atoms with van der Waals surface area (Å²) in [5, 5.41) is 16.5. The number of hydrogen-bond donors (Lipinski definition) is 2. The number of benzene rings is 1. The number of oxime groups is 1. The van der Waals surface area contributed by atoms with E-state index in [2.05, 4.69) is 15.2 Å². The third kappa shape index (κ3) is 2.27. The quantitative estimate of drug-likeness (QED) is 0.323. The van der Waals surface area contributed by atoms with Crippen LogP contribution in [0.5, 0.6) is 5.75 Å². The normalized spacial score (nSPS) is 12.0. The molecule has 0 aliphatic carbocycles. The van der Waals surface area contributed by atoms with E-state index in [1.54, 1.807) is 17.8 Å². The van der Waals surface area contributed by atoms with Gasteiger partial charge in [-0.3, -0.25) is 4.68 Å². The van der Waals surface area contributed by atoms with Crippen LogP contribution >= 0.6 is 0 Å². The first kappa shape index (κ1) is 13.0.